The van der Waals surface area contributed by atoms with E-state index in [4.69, 9.17) is 26.2 Å². The maximum Gasteiger partial charge on any atom is 0.214 e. The van der Waals surface area contributed by atoms with E-state index >= 15 is 0 Å². The molecule has 7 heteroatoms. The number of fused-ring (bicyclic) bond motifs is 3. The fourth-order valence-electron chi connectivity index (χ4n) is 4.02. The molecule has 0 saturated carbocycles. The summed E-state index contributed by atoms with van der Waals surface area (Å²) in [4.78, 5) is 0. The van der Waals surface area contributed by atoms with Crippen molar-refractivity contribution in [2.75, 3.05) is 7.11 Å². The molecule has 0 saturated heterocycles. The molecule has 2 aliphatic rings. The van der Waals surface area contributed by atoms with E-state index in [1.54, 1.807) is 30.3 Å². The van der Waals surface area contributed by atoms with E-state index in [0.29, 0.717) is 22.8 Å². The van der Waals surface area contributed by atoms with Gasteiger partial charge in [-0.2, -0.15) is 5.10 Å². The summed E-state index contributed by atoms with van der Waals surface area (Å²) in [5.74, 6) is 1.32. The van der Waals surface area contributed by atoms with Gasteiger partial charge in [-0.3, -0.25) is 0 Å². The number of methoxy groups -OCH3 is 1. The molecule has 0 bridgehead atoms. The van der Waals surface area contributed by atoms with Gasteiger partial charge in [-0.15, -0.1) is 0 Å². The van der Waals surface area contributed by atoms with Gasteiger partial charge in [0.2, 0.25) is 6.23 Å². The van der Waals surface area contributed by atoms with E-state index in [0.717, 1.165) is 22.6 Å². The van der Waals surface area contributed by atoms with Crippen LogP contribution in [0.4, 0.5) is 0 Å². The zero-order valence-corrected chi connectivity index (χ0v) is 16.9. The number of hydrazone groups is 1. The van der Waals surface area contributed by atoms with Crippen LogP contribution in [0.15, 0.2) is 65.8 Å². The minimum absolute atomic E-state index is 0.0288. The van der Waals surface area contributed by atoms with E-state index in [1.807, 2.05) is 35.3 Å². The minimum Gasteiger partial charge on any atom is -0.507 e. The monoisotopic (exact) mass is 422 g/mol. The molecule has 0 radical (unpaired) electrons. The fourth-order valence-corrected chi connectivity index (χ4v) is 4.20. The van der Waals surface area contributed by atoms with Crippen molar-refractivity contribution >= 4 is 17.3 Å². The van der Waals surface area contributed by atoms with Crippen LogP contribution < -0.4 is 9.47 Å². The Morgan fingerprint density at radius 3 is 2.67 bits per heavy atom. The molecule has 2 aliphatic heterocycles. The van der Waals surface area contributed by atoms with E-state index < -0.39 is 6.23 Å². The molecule has 5 rings (SSSR count). The number of hydrogen-bond acceptors (Lipinski definition) is 6. The second-order valence-electron chi connectivity index (χ2n) is 7.25. The quantitative estimate of drug-likeness (QED) is 0.621. The number of nitrogens with zero attached hydrogens (tertiary/aromatic N) is 2. The van der Waals surface area contributed by atoms with E-state index in [-0.39, 0.29) is 17.5 Å². The van der Waals surface area contributed by atoms with Crippen molar-refractivity contribution in [1.29, 1.82) is 0 Å². The van der Waals surface area contributed by atoms with Gasteiger partial charge in [-0.05, 0) is 48.5 Å². The summed E-state index contributed by atoms with van der Waals surface area (Å²) in [7, 11) is 1.51. The highest BCUT2D eigenvalue weighted by atomic mass is 35.5. The zero-order chi connectivity index (χ0) is 20.8. The second-order valence-corrected chi connectivity index (χ2v) is 7.68. The summed E-state index contributed by atoms with van der Waals surface area (Å²) in [5, 5.41) is 27.9. The van der Waals surface area contributed by atoms with Crippen LogP contribution in [0, 0.1) is 0 Å². The molecular weight excluding hydrogens is 404 g/mol. The third-order valence-corrected chi connectivity index (χ3v) is 5.69. The maximum absolute atomic E-state index is 10.3. The largest absolute Gasteiger partial charge is 0.507 e. The van der Waals surface area contributed by atoms with Gasteiger partial charge in [0, 0.05) is 28.1 Å². The summed E-state index contributed by atoms with van der Waals surface area (Å²) >= 11 is 6.25. The first-order valence-electron chi connectivity index (χ1n) is 9.52. The molecule has 0 spiro atoms. The zero-order valence-electron chi connectivity index (χ0n) is 16.1. The molecule has 3 aromatic carbocycles. The second kappa shape index (κ2) is 7.15. The van der Waals surface area contributed by atoms with Gasteiger partial charge in [0.1, 0.15) is 11.5 Å². The SMILES string of the molecule is COc1ccc([C@H]2Oc3ccc(Cl)cc3[C@H]3CC(c4ccccc4O)=NN32)cc1O. The Morgan fingerprint density at radius 1 is 1.07 bits per heavy atom. The molecule has 30 heavy (non-hydrogen) atoms. The highest BCUT2D eigenvalue weighted by Gasteiger charge is 2.41. The Morgan fingerprint density at radius 2 is 1.90 bits per heavy atom. The Bertz CT molecular complexity index is 1160. The topological polar surface area (TPSA) is 74.5 Å². The van der Waals surface area contributed by atoms with Crippen molar-refractivity contribution in [3.05, 3.63) is 82.4 Å². The molecular formula is C23H19ClN2O4. The van der Waals surface area contributed by atoms with Crippen LogP contribution in [-0.2, 0) is 0 Å². The van der Waals surface area contributed by atoms with Gasteiger partial charge < -0.3 is 19.7 Å². The van der Waals surface area contributed by atoms with Crippen LogP contribution in [0.1, 0.15) is 35.4 Å². The smallest absolute Gasteiger partial charge is 0.214 e. The van der Waals surface area contributed by atoms with Gasteiger partial charge in [0.05, 0.1) is 18.9 Å². The predicted molar refractivity (Wildman–Crippen MR) is 113 cm³/mol. The fraction of sp³-hybridized carbons (Fsp3) is 0.174. The van der Waals surface area contributed by atoms with Crippen molar-refractivity contribution in [2.24, 2.45) is 5.10 Å². The number of benzene rings is 3. The molecule has 2 atom stereocenters. The molecule has 0 fully saturated rings. The molecule has 2 heterocycles. The van der Waals surface area contributed by atoms with Crippen LogP contribution in [0.2, 0.25) is 5.02 Å². The number of halogens is 1. The lowest BCUT2D eigenvalue weighted by molar-refractivity contribution is -0.0191. The third kappa shape index (κ3) is 3.00. The molecule has 6 nitrogen and oxygen atoms in total. The summed E-state index contributed by atoms with van der Waals surface area (Å²) in [6, 6.07) is 17.7. The Balaban J connectivity index is 1.62. The van der Waals surface area contributed by atoms with Crippen molar-refractivity contribution in [1.82, 2.24) is 5.01 Å². The van der Waals surface area contributed by atoms with Gasteiger partial charge in [0.15, 0.2) is 11.5 Å². The first-order chi connectivity index (χ1) is 14.5. The highest BCUT2D eigenvalue weighted by molar-refractivity contribution is 6.30. The van der Waals surface area contributed by atoms with Crippen molar-refractivity contribution in [2.45, 2.75) is 18.7 Å². The number of aromatic hydroxyl groups is 2. The first-order valence-corrected chi connectivity index (χ1v) is 9.90. The van der Waals surface area contributed by atoms with Crippen LogP contribution in [0.3, 0.4) is 0 Å². The van der Waals surface area contributed by atoms with Crippen LogP contribution in [0.25, 0.3) is 0 Å². The number of para-hydroxylation sites is 1. The van der Waals surface area contributed by atoms with Crippen molar-refractivity contribution in [3.63, 3.8) is 0 Å². The van der Waals surface area contributed by atoms with Crippen molar-refractivity contribution in [3.8, 4) is 23.0 Å². The summed E-state index contributed by atoms with van der Waals surface area (Å²) in [6.07, 6.45) is 0.0382. The third-order valence-electron chi connectivity index (χ3n) is 5.45. The predicted octanol–water partition coefficient (Wildman–Crippen LogP) is 5.00. The van der Waals surface area contributed by atoms with Gasteiger partial charge in [-0.1, -0.05) is 23.7 Å². The van der Waals surface area contributed by atoms with E-state index in [9.17, 15) is 10.2 Å². The summed E-state index contributed by atoms with van der Waals surface area (Å²) in [5.41, 5.74) is 3.12. The van der Waals surface area contributed by atoms with Crippen LogP contribution in [-0.4, -0.2) is 28.0 Å². The Hall–Kier alpha value is -3.38. The number of hydrogen-bond donors (Lipinski definition) is 2. The highest BCUT2D eigenvalue weighted by Crippen LogP contribution is 2.49. The first kappa shape index (κ1) is 18.6. The lowest BCUT2D eigenvalue weighted by atomic mass is 9.95. The molecule has 0 unspecified atom stereocenters. The standard InChI is InChI=1S/C23H19ClN2O4/c1-29-22-8-6-13(10-20(22)28)23-26-18(16-11-14(24)7-9-21(16)30-23)12-17(25-26)15-4-2-3-5-19(15)27/h2-11,18,23,27-28H,12H2,1H3/t18-,23-/m1/s1. The van der Waals surface area contributed by atoms with E-state index in [1.165, 1.54) is 7.11 Å². The average Bonchev–Trinajstić information content (AvgIpc) is 3.19. The van der Waals surface area contributed by atoms with Crippen LogP contribution >= 0.6 is 11.6 Å². The Kier molecular flexibility index (Phi) is 4.44. The van der Waals surface area contributed by atoms with E-state index in [2.05, 4.69) is 0 Å². The average molecular weight is 423 g/mol. The van der Waals surface area contributed by atoms with Gasteiger partial charge in [-0.25, -0.2) is 5.01 Å². The molecule has 152 valence electrons. The summed E-state index contributed by atoms with van der Waals surface area (Å²) in [6.45, 7) is 0. The summed E-state index contributed by atoms with van der Waals surface area (Å²) < 4.78 is 11.4. The molecule has 0 amide bonds. The molecule has 0 aromatic heterocycles. The van der Waals surface area contributed by atoms with Gasteiger partial charge in [0.25, 0.3) is 0 Å². The molecule has 0 aliphatic carbocycles. The van der Waals surface area contributed by atoms with Crippen LogP contribution in [0.5, 0.6) is 23.0 Å². The Labute approximate surface area is 178 Å². The lowest BCUT2D eigenvalue weighted by Gasteiger charge is -2.38. The number of ether oxygens (including phenoxy) is 2. The number of phenolic OH excluding ortho intramolecular Hbond substituents is 2. The van der Waals surface area contributed by atoms with Crippen molar-refractivity contribution < 1.29 is 19.7 Å². The molecule has 2 N–H and O–H groups in total. The number of phenols is 2. The number of rotatable bonds is 3. The maximum atomic E-state index is 10.3. The lowest BCUT2D eigenvalue weighted by Crippen LogP contribution is -2.33. The van der Waals surface area contributed by atoms with Gasteiger partial charge >= 0.3 is 0 Å². The minimum atomic E-state index is -0.552. The normalized spacial score (nSPS) is 19.5. The molecule has 3 aromatic rings.